The van der Waals surface area contributed by atoms with E-state index in [1.165, 1.54) is 0 Å². The van der Waals surface area contributed by atoms with Crippen LogP contribution in [0.2, 0.25) is 0 Å². The number of aromatic amines is 1. The molecule has 0 unspecified atom stereocenters. The van der Waals surface area contributed by atoms with Crippen LogP contribution in [-0.2, 0) is 0 Å². The highest BCUT2D eigenvalue weighted by Gasteiger charge is 2.40. The van der Waals surface area contributed by atoms with Crippen LogP contribution in [0, 0.1) is 0 Å². The zero-order valence-corrected chi connectivity index (χ0v) is 14.1. The molecular formula is C20H18N2O3. The first-order valence-corrected chi connectivity index (χ1v) is 8.39. The molecule has 5 nitrogen and oxygen atoms in total. The van der Waals surface area contributed by atoms with Gasteiger partial charge in [0.2, 0.25) is 0 Å². The average molecular weight is 334 g/mol. The van der Waals surface area contributed by atoms with Gasteiger partial charge in [0.05, 0.1) is 18.2 Å². The van der Waals surface area contributed by atoms with Gasteiger partial charge in [-0.25, -0.2) is 0 Å². The van der Waals surface area contributed by atoms with E-state index < -0.39 is 0 Å². The molecule has 0 spiro atoms. The molecule has 3 heterocycles. The van der Waals surface area contributed by atoms with Crippen LogP contribution in [0.4, 0.5) is 5.69 Å². The molecule has 0 fully saturated rings. The van der Waals surface area contributed by atoms with Gasteiger partial charge in [-0.15, -0.1) is 0 Å². The van der Waals surface area contributed by atoms with E-state index in [0.29, 0.717) is 5.75 Å². The molecular weight excluding hydrogens is 316 g/mol. The van der Waals surface area contributed by atoms with E-state index in [1.807, 2.05) is 49.5 Å². The largest absolute Gasteiger partial charge is 0.497 e. The van der Waals surface area contributed by atoms with Crippen LogP contribution in [0.25, 0.3) is 10.9 Å². The van der Waals surface area contributed by atoms with Gasteiger partial charge < -0.3 is 19.4 Å². The first kappa shape index (κ1) is 14.4. The van der Waals surface area contributed by atoms with E-state index in [2.05, 4.69) is 9.88 Å². The second-order valence-electron chi connectivity index (χ2n) is 6.64. The third-order valence-electron chi connectivity index (χ3n) is 5.37. The molecule has 2 aromatic carbocycles. The molecule has 25 heavy (non-hydrogen) atoms. The molecule has 1 aromatic heterocycles. The summed E-state index contributed by atoms with van der Waals surface area (Å²) in [7, 11) is 3.70. The number of hydrogen-bond donors (Lipinski definition) is 1. The van der Waals surface area contributed by atoms with Gasteiger partial charge in [0, 0.05) is 30.5 Å². The van der Waals surface area contributed by atoms with Gasteiger partial charge in [0.15, 0.2) is 6.23 Å². The number of nitrogens with one attached hydrogen (secondary N) is 1. The number of aromatic nitrogens is 1. The van der Waals surface area contributed by atoms with E-state index in [4.69, 9.17) is 9.47 Å². The van der Waals surface area contributed by atoms with Crippen molar-refractivity contribution in [3.8, 4) is 11.5 Å². The number of methoxy groups -OCH3 is 1. The van der Waals surface area contributed by atoms with Gasteiger partial charge in [-0.05, 0) is 35.9 Å². The van der Waals surface area contributed by atoms with Crippen LogP contribution in [0.15, 0.2) is 47.3 Å². The number of benzene rings is 2. The van der Waals surface area contributed by atoms with E-state index in [0.717, 1.165) is 39.9 Å². The molecule has 0 amide bonds. The van der Waals surface area contributed by atoms with Gasteiger partial charge in [0.1, 0.15) is 11.5 Å². The number of H-pyrrole nitrogens is 1. The summed E-state index contributed by atoms with van der Waals surface area (Å²) in [6.45, 7) is 0. The number of nitrogens with zero attached hydrogens (tertiary/aromatic N) is 1. The van der Waals surface area contributed by atoms with Crippen molar-refractivity contribution in [3.05, 3.63) is 63.9 Å². The lowest BCUT2D eigenvalue weighted by Crippen LogP contribution is -2.46. The molecule has 2 atom stereocenters. The van der Waals surface area contributed by atoms with Crippen LogP contribution < -0.4 is 19.9 Å². The Labute approximate surface area is 144 Å². The van der Waals surface area contributed by atoms with Crippen LogP contribution in [0.3, 0.4) is 0 Å². The SMILES string of the molecule is COc1ccc2c(c1)[C@H]1C[C@H](Oc3c1c(=O)[nH]c1ccccc31)N2C. The molecule has 2 aliphatic heterocycles. The molecule has 5 rings (SSSR count). The van der Waals surface area contributed by atoms with Crippen molar-refractivity contribution < 1.29 is 9.47 Å². The summed E-state index contributed by atoms with van der Waals surface area (Å²) in [6, 6.07) is 13.8. The predicted molar refractivity (Wildman–Crippen MR) is 96.8 cm³/mol. The molecule has 2 bridgehead atoms. The summed E-state index contributed by atoms with van der Waals surface area (Å²) in [5, 5.41) is 0.951. The maximum Gasteiger partial charge on any atom is 0.256 e. The van der Waals surface area contributed by atoms with E-state index >= 15 is 0 Å². The van der Waals surface area contributed by atoms with E-state index in [9.17, 15) is 4.79 Å². The monoisotopic (exact) mass is 334 g/mol. The van der Waals surface area contributed by atoms with Crippen molar-refractivity contribution in [2.24, 2.45) is 0 Å². The summed E-state index contributed by atoms with van der Waals surface area (Å²) in [5.41, 5.74) is 3.65. The van der Waals surface area contributed by atoms with Crippen molar-refractivity contribution in [1.82, 2.24) is 4.98 Å². The minimum absolute atomic E-state index is 0.00315. The topological polar surface area (TPSA) is 54.6 Å². The number of para-hydroxylation sites is 1. The number of ether oxygens (including phenoxy) is 2. The lowest BCUT2D eigenvalue weighted by atomic mass is 9.81. The highest BCUT2D eigenvalue weighted by atomic mass is 16.5. The predicted octanol–water partition coefficient (Wildman–Crippen LogP) is 3.23. The number of pyridine rings is 1. The highest BCUT2D eigenvalue weighted by Crippen LogP contribution is 2.49. The van der Waals surface area contributed by atoms with Crippen molar-refractivity contribution >= 4 is 16.6 Å². The molecule has 2 aliphatic rings. The Morgan fingerprint density at radius 2 is 2.08 bits per heavy atom. The molecule has 5 heteroatoms. The van der Waals surface area contributed by atoms with Gasteiger partial charge in [-0.2, -0.15) is 0 Å². The Kier molecular flexibility index (Phi) is 2.89. The van der Waals surface area contributed by atoms with Crippen molar-refractivity contribution in [2.75, 3.05) is 19.1 Å². The third kappa shape index (κ3) is 1.92. The Hall–Kier alpha value is -2.95. The smallest absolute Gasteiger partial charge is 0.256 e. The van der Waals surface area contributed by atoms with Crippen LogP contribution in [0.5, 0.6) is 11.5 Å². The first-order chi connectivity index (χ1) is 12.2. The fourth-order valence-electron chi connectivity index (χ4n) is 4.11. The normalized spacial score (nSPS) is 20.6. The second-order valence-corrected chi connectivity index (χ2v) is 6.64. The molecule has 0 radical (unpaired) electrons. The Morgan fingerprint density at radius 3 is 2.92 bits per heavy atom. The van der Waals surface area contributed by atoms with Gasteiger partial charge in [-0.3, -0.25) is 4.79 Å². The minimum atomic E-state index is -0.0800. The van der Waals surface area contributed by atoms with E-state index in [1.54, 1.807) is 7.11 Å². The number of fused-ring (bicyclic) bond motifs is 8. The third-order valence-corrected chi connectivity index (χ3v) is 5.37. The van der Waals surface area contributed by atoms with Crippen molar-refractivity contribution in [2.45, 2.75) is 18.6 Å². The molecule has 3 aromatic rings. The highest BCUT2D eigenvalue weighted by molar-refractivity contribution is 5.87. The Balaban J connectivity index is 1.83. The summed E-state index contributed by atoms with van der Waals surface area (Å²) in [4.78, 5) is 18.0. The summed E-state index contributed by atoms with van der Waals surface area (Å²) in [5.74, 6) is 1.51. The fourth-order valence-corrected chi connectivity index (χ4v) is 4.11. The van der Waals surface area contributed by atoms with Gasteiger partial charge in [0.25, 0.3) is 5.56 Å². The molecule has 0 saturated heterocycles. The summed E-state index contributed by atoms with van der Waals surface area (Å²) >= 11 is 0. The van der Waals surface area contributed by atoms with Crippen molar-refractivity contribution in [3.63, 3.8) is 0 Å². The Bertz CT molecular complexity index is 1060. The zero-order chi connectivity index (χ0) is 17.1. The molecule has 0 aliphatic carbocycles. The Morgan fingerprint density at radius 1 is 1.24 bits per heavy atom. The zero-order valence-electron chi connectivity index (χ0n) is 14.1. The minimum Gasteiger partial charge on any atom is -0.497 e. The maximum atomic E-state index is 12.8. The van der Waals surface area contributed by atoms with Crippen LogP contribution in [0.1, 0.15) is 23.5 Å². The summed E-state index contributed by atoms with van der Waals surface area (Å²) in [6.07, 6.45) is 0.675. The lowest BCUT2D eigenvalue weighted by Gasteiger charge is -2.44. The van der Waals surface area contributed by atoms with E-state index in [-0.39, 0.29) is 17.7 Å². The number of anilines is 1. The molecule has 1 N–H and O–H groups in total. The fraction of sp³-hybridized carbons (Fsp3) is 0.250. The molecule has 0 saturated carbocycles. The van der Waals surface area contributed by atoms with Gasteiger partial charge in [-0.1, -0.05) is 12.1 Å². The number of hydrogen-bond acceptors (Lipinski definition) is 4. The lowest BCUT2D eigenvalue weighted by molar-refractivity contribution is 0.159. The van der Waals surface area contributed by atoms with Gasteiger partial charge >= 0.3 is 0 Å². The average Bonchev–Trinajstić information content (AvgIpc) is 2.65. The maximum absolute atomic E-state index is 12.8. The standard InChI is InChI=1S/C20H18N2O3/c1-22-16-8-7-11(24-2)9-13(16)14-10-17(22)25-19-12-5-3-4-6-15(12)21-20(23)18(14)19/h3-9,14,17H,10H2,1-2H3,(H,21,23)/t14-,17+/m1/s1. The first-order valence-electron chi connectivity index (χ1n) is 8.39. The summed E-state index contributed by atoms with van der Waals surface area (Å²) < 4.78 is 11.7. The number of rotatable bonds is 1. The molecule has 126 valence electrons. The van der Waals surface area contributed by atoms with Crippen molar-refractivity contribution in [1.29, 1.82) is 0 Å². The quantitative estimate of drug-likeness (QED) is 0.742. The van der Waals surface area contributed by atoms with Crippen LogP contribution >= 0.6 is 0 Å². The van der Waals surface area contributed by atoms with Crippen LogP contribution in [-0.4, -0.2) is 25.4 Å². The second kappa shape index (κ2) is 5.02.